The van der Waals surface area contributed by atoms with Crippen molar-refractivity contribution in [1.29, 1.82) is 0 Å². The summed E-state index contributed by atoms with van der Waals surface area (Å²) in [6, 6.07) is 13.7. The summed E-state index contributed by atoms with van der Waals surface area (Å²) in [4.78, 5) is 10.9. The second kappa shape index (κ2) is 4.23. The number of carbonyl (C=O) groups is 1. The van der Waals surface area contributed by atoms with E-state index in [0.29, 0.717) is 0 Å². The van der Waals surface area contributed by atoms with Gasteiger partial charge in [0.25, 0.3) is 0 Å². The van der Waals surface area contributed by atoms with Gasteiger partial charge in [0.15, 0.2) is 0 Å². The maximum Gasteiger partial charge on any atom is 0.239 e. The first-order valence-electron chi connectivity index (χ1n) is 5.21. The molecule has 2 aromatic rings. The van der Waals surface area contributed by atoms with E-state index in [-0.39, 0.29) is 11.9 Å². The molecular formula is C13H14N2O. The number of amides is 1. The van der Waals surface area contributed by atoms with Crippen molar-refractivity contribution in [1.82, 2.24) is 0 Å². The molecule has 0 bridgehead atoms. The number of carbonyl (C=O) groups excluding carboxylic acids is 1. The van der Waals surface area contributed by atoms with Crippen LogP contribution in [0.4, 0.5) is 5.69 Å². The van der Waals surface area contributed by atoms with Crippen molar-refractivity contribution in [2.75, 3.05) is 5.32 Å². The Hall–Kier alpha value is -2.03. The first kappa shape index (κ1) is 10.5. The Kier molecular flexibility index (Phi) is 2.77. The average Bonchev–Trinajstić information content (AvgIpc) is 2.28. The number of hydrogen-bond donors (Lipinski definition) is 2. The van der Waals surface area contributed by atoms with Gasteiger partial charge in [-0.2, -0.15) is 0 Å². The maximum atomic E-state index is 10.9. The molecule has 0 spiro atoms. The Morgan fingerprint density at radius 1 is 1.19 bits per heavy atom. The van der Waals surface area contributed by atoms with E-state index >= 15 is 0 Å². The molecule has 0 saturated heterocycles. The number of primary amides is 1. The van der Waals surface area contributed by atoms with E-state index < -0.39 is 0 Å². The molecule has 2 rings (SSSR count). The zero-order chi connectivity index (χ0) is 11.5. The van der Waals surface area contributed by atoms with Gasteiger partial charge in [0.05, 0.1) is 0 Å². The van der Waals surface area contributed by atoms with Crippen molar-refractivity contribution in [3.05, 3.63) is 42.5 Å². The lowest BCUT2D eigenvalue weighted by Gasteiger charge is -2.12. The highest BCUT2D eigenvalue weighted by Crippen LogP contribution is 2.19. The van der Waals surface area contributed by atoms with E-state index in [9.17, 15) is 4.79 Å². The zero-order valence-corrected chi connectivity index (χ0v) is 9.10. The Labute approximate surface area is 94.3 Å². The average molecular weight is 214 g/mol. The van der Waals surface area contributed by atoms with E-state index in [1.54, 1.807) is 6.92 Å². The maximum absolute atomic E-state index is 10.9. The standard InChI is InChI=1S/C13H14N2O/c1-9(13(14)16)15-12-7-6-10-4-2-3-5-11(10)8-12/h2-9,15H,1H3,(H2,14,16)/t9-/m0/s1. The van der Waals surface area contributed by atoms with Crippen LogP contribution < -0.4 is 11.1 Å². The number of anilines is 1. The molecule has 1 atom stereocenters. The van der Waals surface area contributed by atoms with Gasteiger partial charge < -0.3 is 11.1 Å². The van der Waals surface area contributed by atoms with Gasteiger partial charge in [0.1, 0.15) is 6.04 Å². The fourth-order valence-corrected chi connectivity index (χ4v) is 1.60. The molecule has 3 N–H and O–H groups in total. The quantitative estimate of drug-likeness (QED) is 0.822. The Balaban J connectivity index is 2.29. The molecule has 0 aliphatic carbocycles. The van der Waals surface area contributed by atoms with Crippen LogP contribution in [0.25, 0.3) is 10.8 Å². The van der Waals surface area contributed by atoms with Gasteiger partial charge in [-0.1, -0.05) is 30.3 Å². The Bertz CT molecular complexity index is 522. The van der Waals surface area contributed by atoms with Gasteiger partial charge >= 0.3 is 0 Å². The topological polar surface area (TPSA) is 55.1 Å². The number of hydrogen-bond acceptors (Lipinski definition) is 2. The first-order valence-corrected chi connectivity index (χ1v) is 5.21. The van der Waals surface area contributed by atoms with E-state index in [2.05, 4.69) is 11.4 Å². The minimum Gasteiger partial charge on any atom is -0.374 e. The number of rotatable bonds is 3. The predicted molar refractivity (Wildman–Crippen MR) is 66.2 cm³/mol. The summed E-state index contributed by atoms with van der Waals surface area (Å²) in [6.07, 6.45) is 0. The lowest BCUT2D eigenvalue weighted by Crippen LogP contribution is -2.32. The van der Waals surface area contributed by atoms with Gasteiger partial charge in [0, 0.05) is 5.69 Å². The minimum atomic E-state index is -0.360. The van der Waals surface area contributed by atoms with Crippen LogP contribution in [0, 0.1) is 0 Å². The second-order valence-corrected chi connectivity index (χ2v) is 3.83. The monoisotopic (exact) mass is 214 g/mol. The molecule has 1 amide bonds. The molecule has 0 unspecified atom stereocenters. The van der Waals surface area contributed by atoms with Crippen molar-refractivity contribution >= 4 is 22.4 Å². The second-order valence-electron chi connectivity index (χ2n) is 3.83. The molecule has 0 saturated carbocycles. The normalized spacial score (nSPS) is 12.3. The van der Waals surface area contributed by atoms with Crippen molar-refractivity contribution < 1.29 is 4.79 Å². The molecular weight excluding hydrogens is 200 g/mol. The molecule has 82 valence electrons. The fraction of sp³-hybridized carbons (Fsp3) is 0.154. The molecule has 2 aromatic carbocycles. The smallest absolute Gasteiger partial charge is 0.239 e. The van der Waals surface area contributed by atoms with Gasteiger partial charge in [-0.25, -0.2) is 0 Å². The molecule has 3 nitrogen and oxygen atoms in total. The number of nitrogens with one attached hydrogen (secondary N) is 1. The van der Waals surface area contributed by atoms with Crippen molar-refractivity contribution in [3.8, 4) is 0 Å². The number of fused-ring (bicyclic) bond motifs is 1. The number of nitrogens with two attached hydrogens (primary N) is 1. The van der Waals surface area contributed by atoms with Crippen molar-refractivity contribution in [3.63, 3.8) is 0 Å². The van der Waals surface area contributed by atoms with Crippen LogP contribution in [0.1, 0.15) is 6.92 Å². The van der Waals surface area contributed by atoms with Crippen molar-refractivity contribution in [2.45, 2.75) is 13.0 Å². The van der Waals surface area contributed by atoms with Gasteiger partial charge in [-0.05, 0) is 29.8 Å². The summed E-state index contributed by atoms with van der Waals surface area (Å²) < 4.78 is 0. The van der Waals surface area contributed by atoms with Crippen LogP contribution in [0.2, 0.25) is 0 Å². The van der Waals surface area contributed by atoms with Crippen LogP contribution in [0.15, 0.2) is 42.5 Å². The third-order valence-corrected chi connectivity index (χ3v) is 2.56. The van der Waals surface area contributed by atoms with Crippen LogP contribution in [0.3, 0.4) is 0 Å². The number of benzene rings is 2. The third kappa shape index (κ3) is 2.14. The van der Waals surface area contributed by atoms with Gasteiger partial charge in [0.2, 0.25) is 5.91 Å². The Morgan fingerprint density at radius 3 is 2.56 bits per heavy atom. The zero-order valence-electron chi connectivity index (χ0n) is 9.10. The third-order valence-electron chi connectivity index (χ3n) is 2.56. The van der Waals surface area contributed by atoms with Crippen LogP contribution in [-0.4, -0.2) is 11.9 Å². The van der Waals surface area contributed by atoms with Crippen LogP contribution in [0.5, 0.6) is 0 Å². The highest BCUT2D eigenvalue weighted by Gasteiger charge is 2.07. The SMILES string of the molecule is C[C@H](Nc1ccc2ccccc2c1)C(N)=O. The molecule has 0 fully saturated rings. The highest BCUT2D eigenvalue weighted by molar-refractivity contribution is 5.87. The molecule has 0 aliphatic rings. The lowest BCUT2D eigenvalue weighted by molar-refractivity contribution is -0.118. The van der Waals surface area contributed by atoms with Crippen LogP contribution >= 0.6 is 0 Å². The fourth-order valence-electron chi connectivity index (χ4n) is 1.60. The summed E-state index contributed by atoms with van der Waals surface area (Å²) in [5, 5.41) is 5.38. The summed E-state index contributed by atoms with van der Waals surface area (Å²) in [5.74, 6) is -0.354. The molecule has 0 aliphatic heterocycles. The highest BCUT2D eigenvalue weighted by atomic mass is 16.1. The Morgan fingerprint density at radius 2 is 1.88 bits per heavy atom. The van der Waals surface area contributed by atoms with E-state index in [1.165, 1.54) is 5.39 Å². The molecule has 0 aromatic heterocycles. The first-order chi connectivity index (χ1) is 7.66. The summed E-state index contributed by atoms with van der Waals surface area (Å²) in [7, 11) is 0. The van der Waals surface area contributed by atoms with Crippen molar-refractivity contribution in [2.24, 2.45) is 5.73 Å². The van der Waals surface area contributed by atoms with E-state index in [4.69, 9.17) is 5.73 Å². The molecule has 0 heterocycles. The summed E-state index contributed by atoms with van der Waals surface area (Å²) in [5.41, 5.74) is 6.10. The van der Waals surface area contributed by atoms with Crippen LogP contribution in [-0.2, 0) is 4.79 Å². The molecule has 3 heteroatoms. The predicted octanol–water partition coefficient (Wildman–Crippen LogP) is 2.13. The molecule has 16 heavy (non-hydrogen) atoms. The summed E-state index contributed by atoms with van der Waals surface area (Å²) in [6.45, 7) is 1.75. The van der Waals surface area contributed by atoms with E-state index in [0.717, 1.165) is 11.1 Å². The lowest BCUT2D eigenvalue weighted by atomic mass is 10.1. The largest absolute Gasteiger partial charge is 0.374 e. The summed E-state index contributed by atoms with van der Waals surface area (Å²) >= 11 is 0. The van der Waals surface area contributed by atoms with Gasteiger partial charge in [-0.3, -0.25) is 4.79 Å². The minimum absolute atomic E-state index is 0.354. The molecule has 0 radical (unpaired) electrons. The van der Waals surface area contributed by atoms with E-state index in [1.807, 2.05) is 36.4 Å². The van der Waals surface area contributed by atoms with Gasteiger partial charge in [-0.15, -0.1) is 0 Å².